The highest BCUT2D eigenvalue weighted by Crippen LogP contribution is 2.31. The number of H-pyrrole nitrogens is 2. The van der Waals surface area contributed by atoms with E-state index in [-0.39, 0.29) is 29.0 Å². The van der Waals surface area contributed by atoms with E-state index in [0.717, 1.165) is 0 Å². The van der Waals surface area contributed by atoms with Crippen LogP contribution in [0.15, 0.2) is 68.9 Å². The van der Waals surface area contributed by atoms with Gasteiger partial charge in [-0.2, -0.15) is 9.36 Å². The topological polar surface area (TPSA) is 142 Å². The second kappa shape index (κ2) is 9.57. The Kier molecular flexibility index (Phi) is 6.04. The zero-order valence-electron chi connectivity index (χ0n) is 20.8. The zero-order valence-corrected chi connectivity index (χ0v) is 22.4. The molecule has 2 aromatic carbocycles. The van der Waals surface area contributed by atoms with Crippen LogP contribution in [0.25, 0.3) is 32.8 Å². The Hall–Kier alpha value is -4.68. The van der Waals surface area contributed by atoms with Crippen LogP contribution in [0.4, 0.5) is 0 Å². The van der Waals surface area contributed by atoms with Gasteiger partial charge in [0, 0.05) is 50.8 Å². The van der Waals surface area contributed by atoms with Crippen LogP contribution in [0.1, 0.15) is 22.5 Å². The fourth-order valence-electron chi connectivity index (χ4n) is 4.39. The molecule has 0 amide bonds. The second-order valence-corrected chi connectivity index (χ2v) is 10.6. The Morgan fingerprint density at radius 2 is 1.13 bits per heavy atom. The lowest BCUT2D eigenvalue weighted by atomic mass is 10.1. The Labute approximate surface area is 229 Å². The van der Waals surface area contributed by atoms with E-state index in [1.165, 1.54) is 32.0 Å². The first-order chi connectivity index (χ1) is 18.8. The lowest BCUT2D eigenvalue weighted by Gasteiger charge is -1.99. The molecule has 4 heterocycles. The number of nitrogens with zero attached hydrogens (tertiary/aromatic N) is 4. The van der Waals surface area contributed by atoms with Crippen molar-refractivity contribution >= 4 is 22.7 Å². The predicted molar refractivity (Wildman–Crippen MR) is 151 cm³/mol. The molecular weight excluding hydrogens is 536 g/mol. The zero-order chi connectivity index (χ0) is 27.3. The molecular formula is C27H22N6O4S2. The molecule has 0 spiro atoms. The van der Waals surface area contributed by atoms with E-state index in [2.05, 4.69) is 20.2 Å². The van der Waals surface area contributed by atoms with Gasteiger partial charge in [0.2, 0.25) is 10.3 Å². The highest BCUT2D eigenvalue weighted by atomic mass is 32.1. The molecule has 6 rings (SSSR count). The average Bonchev–Trinajstić information content (AvgIpc) is 3.70. The van der Waals surface area contributed by atoms with Crippen LogP contribution < -0.4 is 11.1 Å². The Bertz CT molecular complexity index is 1810. The minimum atomic E-state index is -0.298. The number of para-hydroxylation sites is 2. The van der Waals surface area contributed by atoms with Gasteiger partial charge in [0.1, 0.15) is 11.5 Å². The van der Waals surface area contributed by atoms with Crippen molar-refractivity contribution in [2.75, 3.05) is 0 Å². The van der Waals surface area contributed by atoms with Crippen molar-refractivity contribution in [2.24, 2.45) is 0 Å². The Morgan fingerprint density at radius 1 is 0.718 bits per heavy atom. The Morgan fingerprint density at radius 3 is 1.54 bits per heavy atom. The summed E-state index contributed by atoms with van der Waals surface area (Å²) in [5, 5.41) is 30.9. The van der Waals surface area contributed by atoms with Gasteiger partial charge in [-0.15, -0.1) is 22.7 Å². The van der Waals surface area contributed by atoms with Gasteiger partial charge in [-0.05, 0) is 38.1 Å². The fourth-order valence-corrected chi connectivity index (χ4v) is 5.95. The first-order valence-corrected chi connectivity index (χ1v) is 13.7. The van der Waals surface area contributed by atoms with Gasteiger partial charge < -0.3 is 10.2 Å². The third-order valence-corrected chi connectivity index (χ3v) is 8.12. The van der Waals surface area contributed by atoms with Gasteiger partial charge in [-0.3, -0.25) is 19.8 Å². The number of aromatic amines is 2. The molecule has 4 aromatic heterocycles. The largest absolute Gasteiger partial charge is 0.507 e. The molecule has 0 fully saturated rings. The molecule has 4 N–H and O–H groups in total. The molecule has 0 saturated heterocycles. The number of aromatic hydroxyl groups is 2. The summed E-state index contributed by atoms with van der Waals surface area (Å²) in [7, 11) is 0. The van der Waals surface area contributed by atoms with Crippen molar-refractivity contribution in [3.63, 3.8) is 0 Å². The number of aromatic nitrogens is 6. The summed E-state index contributed by atoms with van der Waals surface area (Å²) in [6.07, 6.45) is 0.123. The number of hydrogen-bond donors (Lipinski definition) is 4. The van der Waals surface area contributed by atoms with E-state index in [4.69, 9.17) is 0 Å². The number of aryl methyl sites for hydroxylation is 2. The first-order valence-electron chi connectivity index (χ1n) is 11.9. The molecule has 0 aliphatic carbocycles. The highest BCUT2D eigenvalue weighted by molar-refractivity contribution is 7.12. The lowest BCUT2D eigenvalue weighted by molar-refractivity contribution is 0.476. The van der Waals surface area contributed by atoms with Crippen molar-refractivity contribution in [1.29, 1.82) is 0 Å². The van der Waals surface area contributed by atoms with Gasteiger partial charge in [0.25, 0.3) is 11.1 Å². The molecule has 39 heavy (non-hydrogen) atoms. The maximum Gasteiger partial charge on any atom is 0.277 e. The van der Waals surface area contributed by atoms with Gasteiger partial charge in [0.15, 0.2) is 0 Å². The van der Waals surface area contributed by atoms with E-state index < -0.39 is 0 Å². The molecule has 0 aliphatic heterocycles. The number of hydrogen-bond acceptors (Lipinski definition) is 8. The predicted octanol–water partition coefficient (Wildman–Crippen LogP) is 4.51. The molecule has 0 radical (unpaired) electrons. The summed E-state index contributed by atoms with van der Waals surface area (Å²) >= 11 is 2.54. The maximum atomic E-state index is 13.4. The van der Waals surface area contributed by atoms with Crippen LogP contribution in [0, 0.1) is 13.8 Å². The third kappa shape index (κ3) is 4.29. The number of nitrogens with one attached hydrogen (secondary N) is 2. The molecule has 10 nitrogen and oxygen atoms in total. The van der Waals surface area contributed by atoms with E-state index >= 15 is 0 Å². The normalized spacial score (nSPS) is 11.3. The van der Waals surface area contributed by atoms with Gasteiger partial charge >= 0.3 is 0 Å². The fraction of sp³-hybridized carbons (Fsp3) is 0.111. The molecule has 0 atom stereocenters. The summed E-state index contributed by atoms with van der Waals surface area (Å²) in [4.78, 5) is 35.9. The van der Waals surface area contributed by atoms with Crippen LogP contribution in [0.2, 0.25) is 0 Å². The number of phenols is 2. The summed E-state index contributed by atoms with van der Waals surface area (Å²) in [5.74, 6) is 0.217. The smallest absolute Gasteiger partial charge is 0.277 e. The van der Waals surface area contributed by atoms with Crippen LogP contribution in [0.5, 0.6) is 11.5 Å². The van der Waals surface area contributed by atoms with Crippen LogP contribution in [-0.4, -0.2) is 39.7 Å². The second-order valence-electron chi connectivity index (χ2n) is 8.95. The first kappa shape index (κ1) is 24.6. The van der Waals surface area contributed by atoms with E-state index in [0.29, 0.717) is 55.3 Å². The average molecular weight is 559 g/mol. The number of rotatable bonds is 6. The monoisotopic (exact) mass is 558 g/mol. The van der Waals surface area contributed by atoms with Gasteiger partial charge in [-0.1, -0.05) is 24.3 Å². The number of phenolic OH excluding ortho intramolecular Hbond substituents is 2. The van der Waals surface area contributed by atoms with E-state index in [1.807, 2.05) is 0 Å². The standard InChI is InChI=1S/C27H22N6O4S2/c1-14-18(24(36)32(30-14)26-28-20(12-38-26)16-7-3-5-9-22(16)34)11-19-15(2)31-33(25(19)37)27-29-21(13-39-27)17-8-4-6-10-23(17)35/h3-10,12-13,30-31,34-35H,11H2,1-2H3. The van der Waals surface area contributed by atoms with Crippen molar-refractivity contribution in [1.82, 2.24) is 29.5 Å². The van der Waals surface area contributed by atoms with Gasteiger partial charge in [0.05, 0.1) is 11.4 Å². The van der Waals surface area contributed by atoms with Gasteiger partial charge in [-0.25, -0.2) is 9.97 Å². The number of benzene rings is 2. The molecule has 196 valence electrons. The molecule has 0 bridgehead atoms. The summed E-state index contributed by atoms with van der Waals surface area (Å²) in [6.45, 7) is 3.56. The van der Waals surface area contributed by atoms with E-state index in [9.17, 15) is 19.8 Å². The summed E-state index contributed by atoms with van der Waals surface area (Å²) < 4.78 is 2.72. The molecule has 0 saturated carbocycles. The molecule has 6 aromatic rings. The minimum Gasteiger partial charge on any atom is -0.507 e. The Balaban J connectivity index is 1.32. The highest BCUT2D eigenvalue weighted by Gasteiger charge is 2.21. The van der Waals surface area contributed by atoms with Crippen LogP contribution in [-0.2, 0) is 6.42 Å². The molecule has 12 heteroatoms. The SMILES string of the molecule is Cc1[nH]n(-c2nc(-c3ccccc3O)cs2)c(=O)c1Cc1c(C)[nH]n(-c2nc(-c3ccccc3O)cs2)c1=O. The van der Waals surface area contributed by atoms with Crippen molar-refractivity contribution in [3.8, 4) is 44.3 Å². The molecule has 0 aliphatic rings. The third-order valence-electron chi connectivity index (χ3n) is 6.47. The number of thiazole rings is 2. The maximum absolute atomic E-state index is 13.4. The minimum absolute atomic E-state index is 0.109. The van der Waals surface area contributed by atoms with E-state index in [1.54, 1.807) is 73.1 Å². The molecule has 0 unspecified atom stereocenters. The van der Waals surface area contributed by atoms with Crippen molar-refractivity contribution in [2.45, 2.75) is 20.3 Å². The quantitative estimate of drug-likeness (QED) is 0.237. The van der Waals surface area contributed by atoms with Crippen molar-refractivity contribution in [3.05, 3.63) is 103 Å². The van der Waals surface area contributed by atoms with Crippen LogP contribution in [0.3, 0.4) is 0 Å². The summed E-state index contributed by atoms with van der Waals surface area (Å²) in [6, 6.07) is 13.8. The lowest BCUT2D eigenvalue weighted by Crippen LogP contribution is -2.21. The van der Waals surface area contributed by atoms with Crippen molar-refractivity contribution < 1.29 is 10.2 Å². The summed E-state index contributed by atoms with van der Waals surface area (Å²) in [5.41, 5.74) is 3.84. The van der Waals surface area contributed by atoms with Crippen LogP contribution >= 0.6 is 22.7 Å².